The summed E-state index contributed by atoms with van der Waals surface area (Å²) in [5.74, 6) is -1.89. The first-order valence-corrected chi connectivity index (χ1v) is 5.37. The molecule has 0 saturated heterocycles. The Hall–Kier alpha value is -1.61. The molecule has 2 aromatic carbocycles. The monoisotopic (exact) mass is 253 g/mol. The summed E-state index contributed by atoms with van der Waals surface area (Å²) < 4.78 is 26.1. The van der Waals surface area contributed by atoms with Crippen molar-refractivity contribution >= 4 is 17.3 Å². The van der Waals surface area contributed by atoms with Crippen LogP contribution in [0.25, 0.3) is 11.1 Å². The largest absolute Gasteiger partial charge is 0.399 e. The maximum Gasteiger partial charge on any atom is 0.160 e. The topological polar surface area (TPSA) is 26.0 Å². The number of benzene rings is 2. The van der Waals surface area contributed by atoms with Gasteiger partial charge in [-0.05, 0) is 42.3 Å². The van der Waals surface area contributed by atoms with Gasteiger partial charge in [0.25, 0.3) is 0 Å². The fourth-order valence-corrected chi connectivity index (χ4v) is 1.97. The Morgan fingerprint density at radius 3 is 2.29 bits per heavy atom. The van der Waals surface area contributed by atoms with E-state index < -0.39 is 11.6 Å². The molecule has 0 saturated carbocycles. The Bertz CT molecular complexity index is 562. The maximum absolute atomic E-state index is 13.2. The predicted molar refractivity (Wildman–Crippen MR) is 66.0 cm³/mol. The van der Waals surface area contributed by atoms with Gasteiger partial charge < -0.3 is 5.73 Å². The standard InChI is InChI=1S/C13H10ClF2N/c1-7-2-8(4-9(17)3-7)10-5-12(15)13(16)6-11(10)14/h2-6H,17H2,1H3. The molecule has 1 nitrogen and oxygen atoms in total. The number of rotatable bonds is 1. The van der Waals surface area contributed by atoms with Gasteiger partial charge in [-0.2, -0.15) is 0 Å². The number of hydrogen-bond donors (Lipinski definition) is 1. The molecule has 0 aromatic heterocycles. The Morgan fingerprint density at radius 2 is 1.65 bits per heavy atom. The molecule has 0 aliphatic carbocycles. The van der Waals surface area contributed by atoms with Crippen LogP contribution >= 0.6 is 11.6 Å². The second-order valence-electron chi connectivity index (χ2n) is 3.88. The molecule has 4 heteroatoms. The summed E-state index contributed by atoms with van der Waals surface area (Å²) in [6.07, 6.45) is 0. The second kappa shape index (κ2) is 4.34. The zero-order chi connectivity index (χ0) is 12.6. The molecular weight excluding hydrogens is 244 g/mol. The molecule has 0 bridgehead atoms. The number of halogens is 3. The highest BCUT2D eigenvalue weighted by Crippen LogP contribution is 2.31. The highest BCUT2D eigenvalue weighted by Gasteiger charge is 2.10. The Balaban J connectivity index is 2.64. The summed E-state index contributed by atoms with van der Waals surface area (Å²) in [5.41, 5.74) is 8.30. The lowest BCUT2D eigenvalue weighted by atomic mass is 10.0. The molecule has 2 N–H and O–H groups in total. The third kappa shape index (κ3) is 2.39. The van der Waals surface area contributed by atoms with Gasteiger partial charge in [0.1, 0.15) is 0 Å². The quantitative estimate of drug-likeness (QED) is 0.599. The van der Waals surface area contributed by atoms with Crippen molar-refractivity contribution in [3.05, 3.63) is 52.6 Å². The molecule has 0 aliphatic rings. The van der Waals surface area contributed by atoms with Crippen LogP contribution in [0.15, 0.2) is 30.3 Å². The van der Waals surface area contributed by atoms with E-state index in [1.807, 2.05) is 13.0 Å². The summed E-state index contributed by atoms with van der Waals surface area (Å²) in [4.78, 5) is 0. The van der Waals surface area contributed by atoms with E-state index in [2.05, 4.69) is 0 Å². The van der Waals surface area contributed by atoms with Crippen molar-refractivity contribution in [1.29, 1.82) is 0 Å². The molecule has 0 heterocycles. The fourth-order valence-electron chi connectivity index (χ4n) is 1.71. The first-order chi connectivity index (χ1) is 7.97. The van der Waals surface area contributed by atoms with Gasteiger partial charge in [0.15, 0.2) is 11.6 Å². The molecule has 0 aliphatic heterocycles. The average Bonchev–Trinajstić information content (AvgIpc) is 2.22. The first kappa shape index (κ1) is 11.9. The summed E-state index contributed by atoms with van der Waals surface area (Å²) in [7, 11) is 0. The average molecular weight is 254 g/mol. The van der Waals surface area contributed by atoms with Gasteiger partial charge in [0.2, 0.25) is 0 Å². The van der Waals surface area contributed by atoms with Crippen molar-refractivity contribution in [2.45, 2.75) is 6.92 Å². The summed E-state index contributed by atoms with van der Waals surface area (Å²) >= 11 is 5.89. The molecule has 2 aromatic rings. The van der Waals surface area contributed by atoms with Crippen molar-refractivity contribution in [2.75, 3.05) is 5.73 Å². The molecule has 17 heavy (non-hydrogen) atoms. The van der Waals surface area contributed by atoms with E-state index in [1.165, 1.54) is 0 Å². The minimum absolute atomic E-state index is 0.161. The molecule has 0 unspecified atom stereocenters. The molecule has 2 rings (SSSR count). The zero-order valence-electron chi connectivity index (χ0n) is 9.10. The van der Waals surface area contributed by atoms with Gasteiger partial charge in [-0.3, -0.25) is 0 Å². The van der Waals surface area contributed by atoms with E-state index in [-0.39, 0.29) is 5.02 Å². The maximum atomic E-state index is 13.2. The van der Waals surface area contributed by atoms with Crippen LogP contribution in [0.2, 0.25) is 5.02 Å². The van der Waals surface area contributed by atoms with Crippen LogP contribution in [0, 0.1) is 18.6 Å². The van der Waals surface area contributed by atoms with Crippen LogP contribution in [-0.4, -0.2) is 0 Å². The summed E-state index contributed by atoms with van der Waals surface area (Å²) in [5, 5.41) is 0.161. The first-order valence-electron chi connectivity index (χ1n) is 4.99. The number of aryl methyl sites for hydroxylation is 1. The van der Waals surface area contributed by atoms with Crippen molar-refractivity contribution in [2.24, 2.45) is 0 Å². The molecule has 0 fully saturated rings. The normalized spacial score (nSPS) is 10.6. The van der Waals surface area contributed by atoms with E-state index in [9.17, 15) is 8.78 Å². The van der Waals surface area contributed by atoms with Crippen molar-refractivity contribution in [3.8, 4) is 11.1 Å². The van der Waals surface area contributed by atoms with E-state index in [1.54, 1.807) is 12.1 Å². The van der Waals surface area contributed by atoms with Gasteiger partial charge in [0, 0.05) is 11.3 Å². The minimum Gasteiger partial charge on any atom is -0.399 e. The Kier molecular flexibility index (Phi) is 3.03. The van der Waals surface area contributed by atoms with Crippen LogP contribution in [-0.2, 0) is 0 Å². The van der Waals surface area contributed by atoms with Gasteiger partial charge >= 0.3 is 0 Å². The van der Waals surface area contributed by atoms with Gasteiger partial charge in [0.05, 0.1) is 5.02 Å². The highest BCUT2D eigenvalue weighted by molar-refractivity contribution is 6.33. The molecule has 0 amide bonds. The zero-order valence-corrected chi connectivity index (χ0v) is 9.85. The third-order valence-corrected chi connectivity index (χ3v) is 2.73. The SMILES string of the molecule is Cc1cc(N)cc(-c2cc(F)c(F)cc2Cl)c1. The van der Waals surface area contributed by atoms with Gasteiger partial charge in [-0.25, -0.2) is 8.78 Å². The van der Waals surface area contributed by atoms with E-state index in [4.69, 9.17) is 17.3 Å². The molecule has 0 radical (unpaired) electrons. The molecule has 88 valence electrons. The van der Waals surface area contributed by atoms with Crippen molar-refractivity contribution in [3.63, 3.8) is 0 Å². The molecule has 0 atom stereocenters. The van der Waals surface area contributed by atoms with Crippen LogP contribution in [0.3, 0.4) is 0 Å². The number of nitrogens with two attached hydrogens (primary N) is 1. The fraction of sp³-hybridized carbons (Fsp3) is 0.0769. The highest BCUT2D eigenvalue weighted by atomic mass is 35.5. The van der Waals surface area contributed by atoms with E-state index in [0.29, 0.717) is 16.8 Å². The number of nitrogen functional groups attached to an aromatic ring is 1. The smallest absolute Gasteiger partial charge is 0.160 e. The Labute approximate surface area is 103 Å². The second-order valence-corrected chi connectivity index (χ2v) is 4.29. The molecular formula is C13H10ClF2N. The van der Waals surface area contributed by atoms with E-state index >= 15 is 0 Å². The number of hydrogen-bond acceptors (Lipinski definition) is 1. The van der Waals surface area contributed by atoms with Crippen LogP contribution in [0.5, 0.6) is 0 Å². The van der Waals surface area contributed by atoms with E-state index in [0.717, 1.165) is 17.7 Å². The third-order valence-electron chi connectivity index (χ3n) is 2.42. The predicted octanol–water partition coefficient (Wildman–Crippen LogP) is 4.18. The summed E-state index contributed by atoms with van der Waals surface area (Å²) in [6.45, 7) is 1.87. The number of anilines is 1. The molecule has 0 spiro atoms. The van der Waals surface area contributed by atoms with Crippen molar-refractivity contribution < 1.29 is 8.78 Å². The van der Waals surface area contributed by atoms with Gasteiger partial charge in [-0.1, -0.05) is 17.7 Å². The lowest BCUT2D eigenvalue weighted by Gasteiger charge is -2.08. The van der Waals surface area contributed by atoms with Crippen molar-refractivity contribution in [1.82, 2.24) is 0 Å². The lowest BCUT2D eigenvalue weighted by molar-refractivity contribution is 0.509. The summed E-state index contributed by atoms with van der Waals surface area (Å²) in [6, 6.07) is 7.31. The Morgan fingerprint density at radius 1 is 1.00 bits per heavy atom. The lowest BCUT2D eigenvalue weighted by Crippen LogP contribution is -1.91. The van der Waals surface area contributed by atoms with Crippen LogP contribution in [0.4, 0.5) is 14.5 Å². The van der Waals surface area contributed by atoms with Gasteiger partial charge in [-0.15, -0.1) is 0 Å². The minimum atomic E-state index is -0.959. The van der Waals surface area contributed by atoms with Crippen LogP contribution in [0.1, 0.15) is 5.56 Å². The van der Waals surface area contributed by atoms with Crippen LogP contribution < -0.4 is 5.73 Å².